The van der Waals surface area contributed by atoms with Gasteiger partial charge in [0.2, 0.25) is 0 Å². The summed E-state index contributed by atoms with van der Waals surface area (Å²) in [7, 11) is 0. The first-order chi connectivity index (χ1) is 7.49. The van der Waals surface area contributed by atoms with E-state index in [1.54, 1.807) is 0 Å². The smallest absolute Gasteiger partial charge is 0.331 e. The van der Waals surface area contributed by atoms with Gasteiger partial charge in [0.25, 0.3) is 0 Å². The molecule has 1 aromatic rings. The van der Waals surface area contributed by atoms with E-state index in [0.29, 0.717) is 0 Å². The van der Waals surface area contributed by atoms with Crippen molar-refractivity contribution in [3.63, 3.8) is 0 Å². The average Bonchev–Trinajstić information content (AvgIpc) is 2.16. The maximum atomic E-state index is 11.2. The number of aromatic hydroxyl groups is 1. The van der Waals surface area contributed by atoms with Gasteiger partial charge in [0.15, 0.2) is 0 Å². The highest BCUT2D eigenvalue weighted by molar-refractivity contribution is 5.92. The van der Waals surface area contributed by atoms with E-state index in [0.717, 1.165) is 0 Å². The van der Waals surface area contributed by atoms with Crippen LogP contribution in [0.1, 0.15) is 6.42 Å². The average molecular weight is 222 g/mol. The molecule has 2 N–H and O–H groups in total. The van der Waals surface area contributed by atoms with Gasteiger partial charge in [0.05, 0.1) is 6.42 Å². The van der Waals surface area contributed by atoms with Crippen LogP contribution in [0.5, 0.6) is 11.5 Å². The zero-order valence-corrected chi connectivity index (χ0v) is 8.34. The van der Waals surface area contributed by atoms with Gasteiger partial charge in [-0.2, -0.15) is 0 Å². The Labute approximate surface area is 91.6 Å². The van der Waals surface area contributed by atoms with Crippen LogP contribution in [0.2, 0.25) is 0 Å². The van der Waals surface area contributed by atoms with Crippen molar-refractivity contribution in [2.24, 2.45) is 0 Å². The number of benzene rings is 1. The third-order valence-electron chi connectivity index (χ3n) is 1.71. The number of hydrogen-bond donors (Lipinski definition) is 2. The second-order valence-electron chi connectivity index (χ2n) is 3.06. The van der Waals surface area contributed by atoms with Gasteiger partial charge in [-0.05, 0) is 12.1 Å². The molecule has 0 spiro atoms. The third-order valence-corrected chi connectivity index (χ3v) is 1.71. The van der Waals surface area contributed by atoms with Crippen molar-refractivity contribution >= 4 is 11.9 Å². The molecule has 1 aromatic carbocycles. The van der Waals surface area contributed by atoms with Gasteiger partial charge in [-0.3, -0.25) is 4.79 Å². The van der Waals surface area contributed by atoms with E-state index >= 15 is 0 Å². The molecule has 5 heteroatoms. The summed E-state index contributed by atoms with van der Waals surface area (Å²) in [6, 6.07) is 5.65. The van der Waals surface area contributed by atoms with Gasteiger partial charge in [-0.25, -0.2) is 4.79 Å². The van der Waals surface area contributed by atoms with Gasteiger partial charge in [0.1, 0.15) is 11.5 Å². The fraction of sp³-hybridized carbons (Fsp3) is 0.0909. The topological polar surface area (TPSA) is 83.8 Å². The first-order valence-electron chi connectivity index (χ1n) is 4.40. The molecule has 0 amide bonds. The first kappa shape index (κ1) is 11.8. The van der Waals surface area contributed by atoms with Crippen LogP contribution in [0.25, 0.3) is 0 Å². The maximum absolute atomic E-state index is 11.2. The van der Waals surface area contributed by atoms with Crippen molar-refractivity contribution in [3.8, 4) is 11.5 Å². The highest BCUT2D eigenvalue weighted by Gasteiger charge is 2.12. The molecule has 0 aromatic heterocycles. The second-order valence-corrected chi connectivity index (χ2v) is 3.06. The summed E-state index contributed by atoms with van der Waals surface area (Å²) < 4.78 is 4.79. The minimum atomic E-state index is -1.24. The Bertz CT molecular complexity index is 436. The SMILES string of the molecule is C=C(CC(=O)Oc1cccc(O)c1)C(=O)O. The summed E-state index contributed by atoms with van der Waals surface area (Å²) in [5.74, 6) is -1.86. The fourth-order valence-corrected chi connectivity index (χ4v) is 0.964. The Morgan fingerprint density at radius 2 is 2.06 bits per heavy atom. The molecule has 0 aliphatic rings. The molecule has 16 heavy (non-hydrogen) atoms. The molecule has 0 saturated heterocycles. The highest BCUT2D eigenvalue weighted by Crippen LogP contribution is 2.18. The van der Waals surface area contributed by atoms with Crippen LogP contribution in [-0.4, -0.2) is 22.2 Å². The van der Waals surface area contributed by atoms with Crippen molar-refractivity contribution in [2.45, 2.75) is 6.42 Å². The zero-order valence-electron chi connectivity index (χ0n) is 8.34. The van der Waals surface area contributed by atoms with Gasteiger partial charge >= 0.3 is 11.9 Å². The van der Waals surface area contributed by atoms with E-state index in [9.17, 15) is 9.59 Å². The summed E-state index contributed by atoms with van der Waals surface area (Å²) in [6.45, 7) is 3.20. The van der Waals surface area contributed by atoms with Crippen LogP contribution < -0.4 is 4.74 Å². The molecular weight excluding hydrogens is 212 g/mol. The van der Waals surface area contributed by atoms with E-state index in [-0.39, 0.29) is 17.1 Å². The van der Waals surface area contributed by atoms with Crippen LogP contribution in [0.4, 0.5) is 0 Å². The standard InChI is InChI=1S/C11H10O5/c1-7(11(14)15)5-10(13)16-9-4-2-3-8(12)6-9/h2-4,6,12H,1,5H2,(H,14,15). The number of phenols is 1. The second kappa shape index (κ2) is 4.97. The normalized spacial score (nSPS) is 9.50. The molecule has 0 atom stereocenters. The molecule has 1 rings (SSSR count). The van der Waals surface area contributed by atoms with Crippen molar-refractivity contribution in [1.82, 2.24) is 0 Å². The number of carboxylic acid groups (broad SMARTS) is 1. The molecule has 0 heterocycles. The summed E-state index contributed by atoms with van der Waals surface area (Å²) in [4.78, 5) is 21.6. The maximum Gasteiger partial charge on any atom is 0.331 e. The van der Waals surface area contributed by atoms with Crippen molar-refractivity contribution in [3.05, 3.63) is 36.4 Å². The Morgan fingerprint density at radius 1 is 1.38 bits per heavy atom. The number of ether oxygens (including phenoxy) is 1. The summed E-state index contributed by atoms with van der Waals surface area (Å²) >= 11 is 0. The lowest BCUT2D eigenvalue weighted by atomic mass is 10.2. The molecule has 0 fully saturated rings. The Kier molecular flexibility index (Phi) is 3.66. The minimum absolute atomic E-state index is 0.0395. The molecule has 0 saturated carbocycles. The molecule has 0 radical (unpaired) electrons. The monoisotopic (exact) mass is 222 g/mol. The van der Waals surface area contributed by atoms with E-state index in [2.05, 4.69) is 6.58 Å². The van der Waals surface area contributed by atoms with Crippen LogP contribution >= 0.6 is 0 Å². The third kappa shape index (κ3) is 3.45. The molecule has 84 valence electrons. The van der Waals surface area contributed by atoms with Crippen molar-refractivity contribution < 1.29 is 24.5 Å². The van der Waals surface area contributed by atoms with Gasteiger partial charge in [-0.1, -0.05) is 12.6 Å². The van der Waals surface area contributed by atoms with E-state index in [1.165, 1.54) is 24.3 Å². The van der Waals surface area contributed by atoms with Gasteiger partial charge in [-0.15, -0.1) is 0 Å². The lowest BCUT2D eigenvalue weighted by Crippen LogP contribution is -2.12. The quantitative estimate of drug-likeness (QED) is 0.456. The number of phenolic OH excluding ortho intramolecular Hbond substituents is 1. The lowest BCUT2D eigenvalue weighted by molar-refractivity contribution is -0.138. The summed E-state index contributed by atoms with van der Waals surface area (Å²) in [6.07, 6.45) is -0.398. The Balaban J connectivity index is 2.58. The number of rotatable bonds is 4. The lowest BCUT2D eigenvalue weighted by Gasteiger charge is -2.04. The number of carboxylic acids is 1. The number of aliphatic carboxylic acids is 1. The molecule has 0 bridgehead atoms. The van der Waals surface area contributed by atoms with Crippen LogP contribution in [0.15, 0.2) is 36.4 Å². The Hall–Kier alpha value is -2.30. The fourth-order valence-electron chi connectivity index (χ4n) is 0.964. The zero-order chi connectivity index (χ0) is 12.1. The van der Waals surface area contributed by atoms with Crippen LogP contribution in [-0.2, 0) is 9.59 Å². The molecule has 5 nitrogen and oxygen atoms in total. The number of esters is 1. The Morgan fingerprint density at radius 3 is 2.62 bits per heavy atom. The first-order valence-corrected chi connectivity index (χ1v) is 4.40. The number of carbonyl (C=O) groups excluding carboxylic acids is 1. The minimum Gasteiger partial charge on any atom is -0.508 e. The molecule has 0 aliphatic heterocycles. The predicted octanol–water partition coefficient (Wildman–Crippen LogP) is 1.33. The summed E-state index contributed by atoms with van der Waals surface area (Å²) in [5, 5.41) is 17.6. The van der Waals surface area contributed by atoms with Gasteiger partial charge in [0, 0.05) is 11.6 Å². The largest absolute Gasteiger partial charge is 0.508 e. The number of hydrogen-bond acceptors (Lipinski definition) is 4. The van der Waals surface area contributed by atoms with Gasteiger partial charge < -0.3 is 14.9 Å². The van der Waals surface area contributed by atoms with E-state index < -0.39 is 18.4 Å². The van der Waals surface area contributed by atoms with Crippen molar-refractivity contribution in [2.75, 3.05) is 0 Å². The van der Waals surface area contributed by atoms with E-state index in [1.807, 2.05) is 0 Å². The summed E-state index contributed by atoms with van der Waals surface area (Å²) in [5.41, 5.74) is -0.245. The van der Waals surface area contributed by atoms with Crippen LogP contribution in [0, 0.1) is 0 Å². The molecule has 0 aliphatic carbocycles. The predicted molar refractivity (Wildman–Crippen MR) is 55.1 cm³/mol. The molecular formula is C11H10O5. The van der Waals surface area contributed by atoms with Crippen LogP contribution in [0.3, 0.4) is 0 Å². The number of carbonyl (C=O) groups is 2. The van der Waals surface area contributed by atoms with E-state index in [4.69, 9.17) is 14.9 Å². The molecule has 0 unspecified atom stereocenters. The van der Waals surface area contributed by atoms with Crippen molar-refractivity contribution in [1.29, 1.82) is 0 Å². The highest BCUT2D eigenvalue weighted by atomic mass is 16.5.